The first-order valence-corrected chi connectivity index (χ1v) is 6.05. The maximum Gasteiger partial charge on any atom is 0.277 e. The summed E-state index contributed by atoms with van der Waals surface area (Å²) >= 11 is 3.49. The molecule has 17 heavy (non-hydrogen) atoms. The maximum atomic E-state index is 11.8. The molecule has 1 aromatic carbocycles. The van der Waals surface area contributed by atoms with Gasteiger partial charge in [0.1, 0.15) is 6.26 Å². The molecule has 5 heteroatoms. The molecule has 1 amide bonds. The number of alkyl halides is 1. The Hall–Kier alpha value is -1.62. The van der Waals surface area contributed by atoms with Gasteiger partial charge >= 0.3 is 0 Å². The topological polar surface area (TPSA) is 55.1 Å². The van der Waals surface area contributed by atoms with Crippen LogP contribution in [-0.2, 0) is 0 Å². The summed E-state index contributed by atoms with van der Waals surface area (Å²) in [5.74, 6) is -0.278. The van der Waals surface area contributed by atoms with E-state index >= 15 is 0 Å². The number of para-hydroxylation sites is 1. The van der Waals surface area contributed by atoms with Gasteiger partial charge in [-0.25, -0.2) is 0 Å². The SMILES string of the molecule is CC(Br)c1ccccc1NC(=O)c1ccon1. The number of halogens is 1. The van der Waals surface area contributed by atoms with Gasteiger partial charge in [-0.15, -0.1) is 0 Å². The molecule has 2 rings (SSSR count). The summed E-state index contributed by atoms with van der Waals surface area (Å²) in [7, 11) is 0. The first-order valence-electron chi connectivity index (χ1n) is 5.13. The number of nitrogens with one attached hydrogen (secondary N) is 1. The zero-order valence-electron chi connectivity index (χ0n) is 9.18. The number of benzene rings is 1. The molecule has 0 aliphatic carbocycles. The van der Waals surface area contributed by atoms with Crippen LogP contribution in [0, 0.1) is 0 Å². The lowest BCUT2D eigenvalue weighted by Gasteiger charge is -2.11. The number of hydrogen-bond acceptors (Lipinski definition) is 3. The van der Waals surface area contributed by atoms with Crippen molar-refractivity contribution in [1.29, 1.82) is 0 Å². The Morgan fingerprint density at radius 1 is 1.41 bits per heavy atom. The van der Waals surface area contributed by atoms with Crippen molar-refractivity contribution in [3.8, 4) is 0 Å². The van der Waals surface area contributed by atoms with E-state index in [0.717, 1.165) is 11.3 Å². The fraction of sp³-hybridized carbons (Fsp3) is 0.167. The Kier molecular flexibility index (Phi) is 3.58. The third-order valence-corrected chi connectivity index (χ3v) is 2.80. The fourth-order valence-corrected chi connectivity index (χ4v) is 1.87. The van der Waals surface area contributed by atoms with Gasteiger partial charge in [-0.1, -0.05) is 39.3 Å². The maximum absolute atomic E-state index is 11.8. The van der Waals surface area contributed by atoms with E-state index in [1.165, 1.54) is 12.3 Å². The molecule has 0 aliphatic rings. The summed E-state index contributed by atoms with van der Waals surface area (Å²) in [5.41, 5.74) is 2.05. The summed E-state index contributed by atoms with van der Waals surface area (Å²) in [6.07, 6.45) is 1.37. The smallest absolute Gasteiger partial charge is 0.277 e. The lowest BCUT2D eigenvalue weighted by atomic mass is 10.1. The average Bonchev–Trinajstić information content (AvgIpc) is 2.83. The van der Waals surface area contributed by atoms with Crippen molar-refractivity contribution in [2.75, 3.05) is 5.32 Å². The number of aromatic nitrogens is 1. The van der Waals surface area contributed by atoms with E-state index in [9.17, 15) is 4.79 Å². The van der Waals surface area contributed by atoms with Crippen molar-refractivity contribution in [1.82, 2.24) is 5.16 Å². The third-order valence-electron chi connectivity index (χ3n) is 2.31. The van der Waals surface area contributed by atoms with E-state index < -0.39 is 0 Å². The molecule has 0 saturated carbocycles. The van der Waals surface area contributed by atoms with Crippen LogP contribution in [0.5, 0.6) is 0 Å². The van der Waals surface area contributed by atoms with Crippen LogP contribution >= 0.6 is 15.9 Å². The zero-order chi connectivity index (χ0) is 12.3. The first-order chi connectivity index (χ1) is 8.18. The quantitative estimate of drug-likeness (QED) is 0.883. The van der Waals surface area contributed by atoms with E-state index in [0.29, 0.717) is 0 Å². The van der Waals surface area contributed by atoms with Crippen molar-refractivity contribution in [3.05, 3.63) is 47.9 Å². The van der Waals surface area contributed by atoms with Crippen LogP contribution in [-0.4, -0.2) is 11.1 Å². The molecule has 0 aliphatic heterocycles. The van der Waals surface area contributed by atoms with Gasteiger partial charge in [-0.05, 0) is 18.6 Å². The van der Waals surface area contributed by atoms with E-state index in [1.54, 1.807) is 0 Å². The number of hydrogen-bond donors (Lipinski definition) is 1. The highest BCUT2D eigenvalue weighted by atomic mass is 79.9. The van der Waals surface area contributed by atoms with Gasteiger partial charge in [0.2, 0.25) is 0 Å². The second-order valence-electron chi connectivity index (χ2n) is 3.54. The molecule has 1 N–H and O–H groups in total. The van der Waals surface area contributed by atoms with Crippen molar-refractivity contribution in [2.45, 2.75) is 11.8 Å². The lowest BCUT2D eigenvalue weighted by Crippen LogP contribution is -2.13. The van der Waals surface area contributed by atoms with Crippen molar-refractivity contribution in [2.24, 2.45) is 0 Å². The highest BCUT2D eigenvalue weighted by molar-refractivity contribution is 9.09. The summed E-state index contributed by atoms with van der Waals surface area (Å²) < 4.78 is 4.63. The zero-order valence-corrected chi connectivity index (χ0v) is 10.8. The van der Waals surface area contributed by atoms with Crippen LogP contribution in [0.4, 0.5) is 5.69 Å². The fourth-order valence-electron chi connectivity index (χ4n) is 1.47. The monoisotopic (exact) mass is 294 g/mol. The van der Waals surface area contributed by atoms with E-state index in [-0.39, 0.29) is 16.4 Å². The van der Waals surface area contributed by atoms with Crippen LogP contribution in [0.25, 0.3) is 0 Å². The minimum atomic E-state index is -0.278. The van der Waals surface area contributed by atoms with Crippen molar-refractivity contribution < 1.29 is 9.32 Å². The number of rotatable bonds is 3. The predicted octanol–water partition coefficient (Wildman–Crippen LogP) is 3.38. The van der Waals surface area contributed by atoms with Gasteiger partial charge in [0.15, 0.2) is 5.69 Å². The van der Waals surface area contributed by atoms with Crippen LogP contribution in [0.2, 0.25) is 0 Å². The number of anilines is 1. The Labute approximate surface area is 107 Å². The molecule has 1 heterocycles. The summed E-state index contributed by atoms with van der Waals surface area (Å²) in [4.78, 5) is 12.0. The van der Waals surface area contributed by atoms with Gasteiger partial charge in [-0.2, -0.15) is 0 Å². The Balaban J connectivity index is 2.22. The van der Waals surface area contributed by atoms with Crippen molar-refractivity contribution in [3.63, 3.8) is 0 Å². The molecule has 1 aromatic heterocycles. The van der Waals surface area contributed by atoms with Gasteiger partial charge in [0.05, 0.1) is 0 Å². The lowest BCUT2D eigenvalue weighted by molar-refractivity contribution is 0.101. The summed E-state index contributed by atoms with van der Waals surface area (Å²) in [5, 5.41) is 6.39. The van der Waals surface area contributed by atoms with Crippen LogP contribution < -0.4 is 5.32 Å². The molecule has 0 fully saturated rings. The first kappa shape index (κ1) is 11.9. The molecule has 4 nitrogen and oxygen atoms in total. The molecular formula is C12H11BrN2O2. The number of carbonyl (C=O) groups is 1. The molecule has 88 valence electrons. The second-order valence-corrected chi connectivity index (χ2v) is 4.92. The van der Waals surface area contributed by atoms with Crippen molar-refractivity contribution >= 4 is 27.5 Å². The van der Waals surface area contributed by atoms with E-state index in [1.807, 2.05) is 31.2 Å². The standard InChI is InChI=1S/C12H11BrN2O2/c1-8(13)9-4-2-3-5-10(9)14-12(16)11-6-7-17-15-11/h2-8H,1H3,(H,14,16). The van der Waals surface area contributed by atoms with Crippen LogP contribution in [0.15, 0.2) is 41.1 Å². The average molecular weight is 295 g/mol. The normalized spacial score (nSPS) is 12.1. The Morgan fingerprint density at radius 2 is 2.18 bits per heavy atom. The van der Waals surface area contributed by atoms with Gasteiger partial charge in [0.25, 0.3) is 5.91 Å². The second kappa shape index (κ2) is 5.14. The molecule has 2 aromatic rings. The minimum Gasteiger partial charge on any atom is -0.364 e. The highest BCUT2D eigenvalue weighted by Crippen LogP contribution is 2.28. The van der Waals surface area contributed by atoms with Gasteiger partial charge in [0, 0.05) is 16.6 Å². The minimum absolute atomic E-state index is 0.163. The molecule has 1 atom stereocenters. The van der Waals surface area contributed by atoms with Gasteiger partial charge in [-0.3, -0.25) is 4.79 Å². The molecule has 0 saturated heterocycles. The molecule has 0 spiro atoms. The molecule has 1 unspecified atom stereocenters. The number of amides is 1. The molecule has 0 bridgehead atoms. The third kappa shape index (κ3) is 2.74. The van der Waals surface area contributed by atoms with E-state index in [2.05, 4.69) is 30.9 Å². The largest absolute Gasteiger partial charge is 0.364 e. The summed E-state index contributed by atoms with van der Waals surface area (Å²) in [6, 6.07) is 9.13. The van der Waals surface area contributed by atoms with Crippen LogP contribution in [0.3, 0.4) is 0 Å². The molecular weight excluding hydrogens is 284 g/mol. The molecule has 0 radical (unpaired) electrons. The number of nitrogens with zero attached hydrogens (tertiary/aromatic N) is 1. The van der Waals surface area contributed by atoms with E-state index in [4.69, 9.17) is 0 Å². The summed E-state index contributed by atoms with van der Waals surface area (Å²) in [6.45, 7) is 2.00. The van der Waals surface area contributed by atoms with Crippen LogP contribution in [0.1, 0.15) is 27.8 Å². The Bertz CT molecular complexity index is 509. The highest BCUT2D eigenvalue weighted by Gasteiger charge is 2.13. The predicted molar refractivity (Wildman–Crippen MR) is 68.2 cm³/mol. The van der Waals surface area contributed by atoms with Gasteiger partial charge < -0.3 is 9.84 Å². The Morgan fingerprint density at radius 3 is 2.82 bits per heavy atom. The number of carbonyl (C=O) groups excluding carboxylic acids is 1.